The van der Waals surface area contributed by atoms with Crippen LogP contribution < -0.4 is 4.90 Å². The van der Waals surface area contributed by atoms with Gasteiger partial charge in [-0.15, -0.1) is 11.3 Å². The summed E-state index contributed by atoms with van der Waals surface area (Å²) in [6.45, 7) is 8.39. The van der Waals surface area contributed by atoms with Gasteiger partial charge in [-0.1, -0.05) is 0 Å². The lowest BCUT2D eigenvalue weighted by Gasteiger charge is -2.36. The average molecular weight is 311 g/mol. The van der Waals surface area contributed by atoms with E-state index >= 15 is 0 Å². The smallest absolute Gasteiger partial charge is 0.225 e. The summed E-state index contributed by atoms with van der Waals surface area (Å²) < 4.78 is 0. The molecule has 2 heterocycles. The Morgan fingerprint density at radius 1 is 1.57 bits per heavy atom. The van der Waals surface area contributed by atoms with Crippen LogP contribution in [0.1, 0.15) is 39.3 Å². The maximum Gasteiger partial charge on any atom is 0.225 e. The average Bonchev–Trinajstić information content (AvgIpc) is 2.90. The minimum atomic E-state index is 0.0325. The summed E-state index contributed by atoms with van der Waals surface area (Å²) >= 11 is 1.52. The predicted octanol–water partition coefficient (Wildman–Crippen LogP) is 2.11. The number of thiazole rings is 1. The molecule has 118 valence electrons. The third-order valence-corrected chi connectivity index (χ3v) is 5.11. The molecular formula is C15H25N3O2S. The van der Waals surface area contributed by atoms with Crippen molar-refractivity contribution in [3.8, 4) is 0 Å². The number of carbonyl (C=O) groups excluding carboxylic acids is 1. The molecule has 21 heavy (non-hydrogen) atoms. The second kappa shape index (κ2) is 7.33. The fourth-order valence-electron chi connectivity index (χ4n) is 2.83. The van der Waals surface area contributed by atoms with E-state index < -0.39 is 0 Å². The SMILES string of the molecule is CCN(C(C)=O)c1nc(CN2CC(CO)CCC2C)cs1. The molecule has 1 aromatic heterocycles. The standard InChI is InChI=1S/C15H25N3O2S/c1-4-18(12(3)20)15-16-14(10-21-15)8-17-7-13(9-19)6-5-11(17)2/h10-11,13,19H,4-9H2,1-3H3. The van der Waals surface area contributed by atoms with Crippen molar-refractivity contribution in [1.29, 1.82) is 0 Å². The molecule has 5 nitrogen and oxygen atoms in total. The third kappa shape index (κ3) is 4.02. The van der Waals surface area contributed by atoms with Crippen molar-refractivity contribution in [1.82, 2.24) is 9.88 Å². The normalized spacial score (nSPS) is 23.2. The summed E-state index contributed by atoms with van der Waals surface area (Å²) in [5.74, 6) is 0.411. The third-order valence-electron chi connectivity index (χ3n) is 4.20. The van der Waals surface area contributed by atoms with Crippen LogP contribution in [-0.2, 0) is 11.3 Å². The zero-order chi connectivity index (χ0) is 15.4. The molecule has 0 radical (unpaired) electrons. The van der Waals surface area contributed by atoms with E-state index in [4.69, 9.17) is 0 Å². The zero-order valence-corrected chi connectivity index (χ0v) is 13.9. The van der Waals surface area contributed by atoms with Crippen LogP contribution in [0.4, 0.5) is 5.13 Å². The largest absolute Gasteiger partial charge is 0.396 e. The topological polar surface area (TPSA) is 56.7 Å². The molecule has 0 bridgehead atoms. The molecule has 1 amide bonds. The molecule has 6 heteroatoms. The number of aromatic nitrogens is 1. The highest BCUT2D eigenvalue weighted by Gasteiger charge is 2.25. The number of likely N-dealkylation sites (tertiary alicyclic amines) is 1. The van der Waals surface area contributed by atoms with E-state index in [1.165, 1.54) is 11.3 Å². The fourth-order valence-corrected chi connectivity index (χ4v) is 3.75. The lowest BCUT2D eigenvalue weighted by molar-refractivity contribution is -0.116. The van der Waals surface area contributed by atoms with Crippen molar-refractivity contribution >= 4 is 22.4 Å². The Balaban J connectivity index is 2.02. The summed E-state index contributed by atoms with van der Waals surface area (Å²) in [6.07, 6.45) is 2.22. The second-order valence-electron chi connectivity index (χ2n) is 5.79. The van der Waals surface area contributed by atoms with Crippen LogP contribution in [0.25, 0.3) is 0 Å². The Labute approximate surface area is 130 Å². The number of hydrogen-bond donors (Lipinski definition) is 1. The van der Waals surface area contributed by atoms with Gasteiger partial charge in [0.1, 0.15) is 0 Å². The maximum atomic E-state index is 11.6. The van der Waals surface area contributed by atoms with E-state index in [0.717, 1.165) is 36.8 Å². The van der Waals surface area contributed by atoms with Crippen molar-refractivity contribution in [2.24, 2.45) is 5.92 Å². The van der Waals surface area contributed by atoms with Crippen LogP contribution in [0.5, 0.6) is 0 Å². The van der Waals surface area contributed by atoms with Crippen LogP contribution in [0, 0.1) is 5.92 Å². The first-order chi connectivity index (χ1) is 10.0. The van der Waals surface area contributed by atoms with Gasteiger partial charge in [0, 0.05) is 44.6 Å². The molecule has 0 aromatic carbocycles. The molecule has 2 atom stereocenters. The Bertz CT molecular complexity index is 477. The van der Waals surface area contributed by atoms with Crippen molar-refractivity contribution in [3.05, 3.63) is 11.1 Å². The molecule has 2 rings (SSSR count). The van der Waals surface area contributed by atoms with Gasteiger partial charge in [0.05, 0.1) is 5.69 Å². The van der Waals surface area contributed by atoms with Gasteiger partial charge < -0.3 is 5.11 Å². The fraction of sp³-hybridized carbons (Fsp3) is 0.733. The molecule has 1 saturated heterocycles. The quantitative estimate of drug-likeness (QED) is 0.905. The van der Waals surface area contributed by atoms with E-state index in [9.17, 15) is 9.90 Å². The molecule has 1 aromatic rings. The predicted molar refractivity (Wildman–Crippen MR) is 85.5 cm³/mol. The molecule has 0 aliphatic carbocycles. The molecule has 1 fully saturated rings. The Hall–Kier alpha value is -0.980. The first-order valence-corrected chi connectivity index (χ1v) is 8.50. The van der Waals surface area contributed by atoms with Crippen molar-refractivity contribution in [2.75, 3.05) is 24.6 Å². The number of carbonyl (C=O) groups is 1. The van der Waals surface area contributed by atoms with E-state index in [2.05, 4.69) is 16.8 Å². The van der Waals surface area contributed by atoms with E-state index in [1.54, 1.807) is 11.8 Å². The molecule has 1 aliphatic rings. The highest BCUT2D eigenvalue weighted by Crippen LogP contribution is 2.26. The lowest BCUT2D eigenvalue weighted by Crippen LogP contribution is -2.42. The van der Waals surface area contributed by atoms with Crippen molar-refractivity contribution in [2.45, 2.75) is 46.2 Å². The molecule has 1 N–H and O–H groups in total. The van der Waals surface area contributed by atoms with Gasteiger partial charge >= 0.3 is 0 Å². The van der Waals surface area contributed by atoms with Gasteiger partial charge in [-0.05, 0) is 32.6 Å². The number of aliphatic hydroxyl groups excluding tert-OH is 1. The highest BCUT2D eigenvalue weighted by atomic mass is 32.1. The summed E-state index contributed by atoms with van der Waals surface area (Å²) in [5, 5.41) is 12.2. The number of piperidine rings is 1. The van der Waals surface area contributed by atoms with Crippen LogP contribution in [-0.4, -0.2) is 46.6 Å². The van der Waals surface area contributed by atoms with Crippen molar-refractivity contribution < 1.29 is 9.90 Å². The molecule has 1 aliphatic heterocycles. The Kier molecular flexibility index (Phi) is 5.72. The maximum absolute atomic E-state index is 11.6. The van der Waals surface area contributed by atoms with Gasteiger partial charge in [0.25, 0.3) is 0 Å². The minimum absolute atomic E-state index is 0.0325. The first-order valence-electron chi connectivity index (χ1n) is 7.62. The lowest BCUT2D eigenvalue weighted by atomic mass is 9.94. The number of aliphatic hydroxyl groups is 1. The number of anilines is 1. The van der Waals surface area contributed by atoms with Gasteiger partial charge in [-0.25, -0.2) is 4.98 Å². The number of nitrogens with zero attached hydrogens (tertiary/aromatic N) is 3. The van der Waals surface area contributed by atoms with Crippen molar-refractivity contribution in [3.63, 3.8) is 0 Å². The van der Waals surface area contributed by atoms with Gasteiger partial charge in [-0.2, -0.15) is 0 Å². The van der Waals surface area contributed by atoms with Gasteiger partial charge in [-0.3, -0.25) is 14.6 Å². The Morgan fingerprint density at radius 3 is 2.95 bits per heavy atom. The van der Waals surface area contributed by atoms with Crippen LogP contribution in [0.3, 0.4) is 0 Å². The van der Waals surface area contributed by atoms with E-state index in [1.807, 2.05) is 12.3 Å². The number of hydrogen-bond acceptors (Lipinski definition) is 5. The summed E-state index contributed by atoms with van der Waals surface area (Å²) in [4.78, 5) is 20.2. The highest BCUT2D eigenvalue weighted by molar-refractivity contribution is 7.14. The number of rotatable bonds is 5. The summed E-state index contributed by atoms with van der Waals surface area (Å²) in [6, 6.07) is 0.521. The molecule has 0 saturated carbocycles. The van der Waals surface area contributed by atoms with E-state index in [-0.39, 0.29) is 12.5 Å². The Morgan fingerprint density at radius 2 is 2.33 bits per heavy atom. The number of amides is 1. The second-order valence-corrected chi connectivity index (χ2v) is 6.63. The van der Waals surface area contributed by atoms with Gasteiger partial charge in [0.2, 0.25) is 5.91 Å². The van der Waals surface area contributed by atoms with E-state index in [0.29, 0.717) is 18.5 Å². The zero-order valence-electron chi connectivity index (χ0n) is 13.1. The minimum Gasteiger partial charge on any atom is -0.396 e. The summed E-state index contributed by atoms with van der Waals surface area (Å²) in [7, 11) is 0. The van der Waals surface area contributed by atoms with Crippen LogP contribution in [0.2, 0.25) is 0 Å². The summed E-state index contributed by atoms with van der Waals surface area (Å²) in [5.41, 5.74) is 1.01. The van der Waals surface area contributed by atoms with Crippen LogP contribution >= 0.6 is 11.3 Å². The van der Waals surface area contributed by atoms with Gasteiger partial charge in [0.15, 0.2) is 5.13 Å². The molecule has 0 spiro atoms. The molecule has 2 unspecified atom stereocenters. The first kappa shape index (κ1) is 16.4. The monoisotopic (exact) mass is 311 g/mol. The molecular weight excluding hydrogens is 286 g/mol. The van der Waals surface area contributed by atoms with Crippen LogP contribution in [0.15, 0.2) is 5.38 Å².